The molecule has 1 aromatic heterocycles. The summed E-state index contributed by atoms with van der Waals surface area (Å²) in [5, 5.41) is 15.6. The minimum atomic E-state index is -1.47. The van der Waals surface area contributed by atoms with Gasteiger partial charge in [0.05, 0.1) is 17.6 Å². The van der Waals surface area contributed by atoms with Gasteiger partial charge in [-0.2, -0.15) is 5.10 Å². The Balaban J connectivity index is 1.94. The van der Waals surface area contributed by atoms with Crippen molar-refractivity contribution in [3.8, 4) is 16.9 Å². The highest BCUT2D eigenvalue weighted by molar-refractivity contribution is 6.00. The molecule has 0 saturated heterocycles. The molecule has 0 spiro atoms. The van der Waals surface area contributed by atoms with E-state index in [-0.39, 0.29) is 11.6 Å². The third-order valence-corrected chi connectivity index (χ3v) is 4.60. The Kier molecular flexibility index (Phi) is 4.09. The summed E-state index contributed by atoms with van der Waals surface area (Å²) in [4.78, 5) is 11.5. The summed E-state index contributed by atoms with van der Waals surface area (Å²) in [6.07, 6.45) is 7.12. The van der Waals surface area contributed by atoms with Crippen LogP contribution in [0.5, 0.6) is 0 Å². The number of carbonyl (C=O) groups is 1. The number of ketones is 1. The molecule has 0 saturated carbocycles. The van der Waals surface area contributed by atoms with Crippen molar-refractivity contribution in [3.05, 3.63) is 96.0 Å². The first-order valence-electron chi connectivity index (χ1n) is 8.52. The molecule has 0 amide bonds. The molecule has 0 unspecified atom stereocenters. The van der Waals surface area contributed by atoms with E-state index in [4.69, 9.17) is 0 Å². The Hall–Kier alpha value is -3.31. The maximum atomic E-state index is 13.4. The Morgan fingerprint density at radius 3 is 2.26 bits per heavy atom. The highest BCUT2D eigenvalue weighted by Crippen LogP contribution is 2.36. The van der Waals surface area contributed by atoms with E-state index >= 15 is 0 Å². The van der Waals surface area contributed by atoms with E-state index in [9.17, 15) is 14.3 Å². The van der Waals surface area contributed by atoms with Crippen LogP contribution in [0.3, 0.4) is 0 Å². The quantitative estimate of drug-likeness (QED) is 0.771. The fourth-order valence-electron chi connectivity index (χ4n) is 3.12. The van der Waals surface area contributed by atoms with E-state index < -0.39 is 5.60 Å². The standard InChI is InChI=1S/C22H17FN2O2/c1-15-2-8-18(9-3-15)25-21(16-4-6-17(23)7-5-16)20(14-24-25)22(27)12-10-19(26)11-13-22/h2-14,27H,1H3. The second-order valence-corrected chi connectivity index (χ2v) is 6.56. The van der Waals surface area contributed by atoms with Crippen LogP contribution >= 0.6 is 0 Å². The summed E-state index contributed by atoms with van der Waals surface area (Å²) in [7, 11) is 0. The molecule has 134 valence electrons. The van der Waals surface area contributed by atoms with Gasteiger partial charge in [-0.05, 0) is 67.6 Å². The van der Waals surface area contributed by atoms with Gasteiger partial charge in [0.2, 0.25) is 0 Å². The van der Waals surface area contributed by atoms with Crippen molar-refractivity contribution in [2.45, 2.75) is 12.5 Å². The molecule has 4 nitrogen and oxygen atoms in total. The Labute approximate surface area is 155 Å². The highest BCUT2D eigenvalue weighted by atomic mass is 19.1. The minimum Gasteiger partial charge on any atom is -0.377 e. The van der Waals surface area contributed by atoms with Crippen LogP contribution in [0, 0.1) is 12.7 Å². The van der Waals surface area contributed by atoms with Crippen molar-refractivity contribution >= 4 is 5.78 Å². The Morgan fingerprint density at radius 1 is 1.00 bits per heavy atom. The number of hydrogen-bond acceptors (Lipinski definition) is 3. The lowest BCUT2D eigenvalue weighted by Crippen LogP contribution is -2.23. The van der Waals surface area contributed by atoms with Crippen LogP contribution < -0.4 is 0 Å². The van der Waals surface area contributed by atoms with Crippen LogP contribution in [-0.4, -0.2) is 20.7 Å². The molecule has 0 radical (unpaired) electrons. The lowest BCUT2D eigenvalue weighted by Gasteiger charge is -2.23. The molecular weight excluding hydrogens is 343 g/mol. The lowest BCUT2D eigenvalue weighted by molar-refractivity contribution is -0.110. The van der Waals surface area contributed by atoms with E-state index in [0.29, 0.717) is 16.8 Å². The molecule has 1 heterocycles. The van der Waals surface area contributed by atoms with E-state index in [1.54, 1.807) is 23.0 Å². The molecule has 4 rings (SSSR count). The number of hydrogen-bond donors (Lipinski definition) is 1. The van der Waals surface area contributed by atoms with Gasteiger partial charge >= 0.3 is 0 Å². The van der Waals surface area contributed by atoms with E-state index in [1.807, 2.05) is 31.2 Å². The molecule has 0 aliphatic heterocycles. The molecule has 5 heteroatoms. The number of allylic oxidation sites excluding steroid dienone is 2. The number of carbonyl (C=O) groups excluding carboxylic acids is 1. The average Bonchev–Trinajstić information content (AvgIpc) is 3.11. The van der Waals surface area contributed by atoms with Crippen molar-refractivity contribution in [2.24, 2.45) is 0 Å². The van der Waals surface area contributed by atoms with Crippen molar-refractivity contribution in [2.75, 3.05) is 0 Å². The maximum Gasteiger partial charge on any atom is 0.178 e. The van der Waals surface area contributed by atoms with Gasteiger partial charge in [0.15, 0.2) is 5.78 Å². The maximum absolute atomic E-state index is 13.4. The smallest absolute Gasteiger partial charge is 0.178 e. The summed E-state index contributed by atoms with van der Waals surface area (Å²) in [5.74, 6) is -0.530. The molecule has 27 heavy (non-hydrogen) atoms. The average molecular weight is 360 g/mol. The fourth-order valence-corrected chi connectivity index (χ4v) is 3.12. The summed E-state index contributed by atoms with van der Waals surface area (Å²) < 4.78 is 15.1. The Bertz CT molecular complexity index is 1040. The van der Waals surface area contributed by atoms with Gasteiger partial charge in [-0.3, -0.25) is 4.79 Å². The molecule has 3 aromatic rings. The fraction of sp³-hybridized carbons (Fsp3) is 0.0909. The van der Waals surface area contributed by atoms with Crippen molar-refractivity contribution < 1.29 is 14.3 Å². The first kappa shape index (κ1) is 17.1. The van der Waals surface area contributed by atoms with Crippen LogP contribution in [-0.2, 0) is 10.4 Å². The second-order valence-electron chi connectivity index (χ2n) is 6.56. The SMILES string of the molecule is Cc1ccc(-n2ncc(C3(O)C=CC(=O)C=C3)c2-c2ccc(F)cc2)cc1. The summed E-state index contributed by atoms with van der Waals surface area (Å²) in [6.45, 7) is 2.00. The molecule has 1 aliphatic rings. The molecule has 1 N–H and O–H groups in total. The van der Waals surface area contributed by atoms with Crippen molar-refractivity contribution in [3.63, 3.8) is 0 Å². The molecule has 0 fully saturated rings. The number of rotatable bonds is 3. The van der Waals surface area contributed by atoms with Gasteiger partial charge in [0.1, 0.15) is 11.4 Å². The molecule has 0 bridgehead atoms. The first-order chi connectivity index (χ1) is 13.0. The molecule has 2 aromatic carbocycles. The monoisotopic (exact) mass is 360 g/mol. The van der Waals surface area contributed by atoms with E-state index in [1.165, 1.54) is 36.4 Å². The first-order valence-corrected chi connectivity index (χ1v) is 8.52. The third kappa shape index (κ3) is 3.13. The second kappa shape index (κ2) is 6.45. The normalized spacial score (nSPS) is 15.3. The van der Waals surface area contributed by atoms with E-state index in [2.05, 4.69) is 5.10 Å². The van der Waals surface area contributed by atoms with Crippen LogP contribution in [0.2, 0.25) is 0 Å². The van der Waals surface area contributed by atoms with Crippen molar-refractivity contribution in [1.82, 2.24) is 9.78 Å². The van der Waals surface area contributed by atoms with Crippen LogP contribution in [0.15, 0.2) is 79.0 Å². The number of benzene rings is 2. The number of aryl methyl sites for hydroxylation is 1. The Morgan fingerprint density at radius 2 is 1.63 bits per heavy atom. The van der Waals surface area contributed by atoms with Crippen LogP contribution in [0.1, 0.15) is 11.1 Å². The number of aromatic nitrogens is 2. The molecule has 0 atom stereocenters. The summed E-state index contributed by atoms with van der Waals surface area (Å²) >= 11 is 0. The van der Waals surface area contributed by atoms with Crippen molar-refractivity contribution in [1.29, 1.82) is 0 Å². The molecule has 1 aliphatic carbocycles. The van der Waals surface area contributed by atoms with Gasteiger partial charge in [-0.15, -0.1) is 0 Å². The van der Waals surface area contributed by atoms with Gasteiger partial charge in [-0.1, -0.05) is 17.7 Å². The summed E-state index contributed by atoms with van der Waals surface area (Å²) in [6, 6.07) is 13.8. The molecular formula is C22H17FN2O2. The van der Waals surface area contributed by atoms with Gasteiger partial charge in [-0.25, -0.2) is 9.07 Å². The number of nitrogens with zero attached hydrogens (tertiary/aromatic N) is 2. The predicted molar refractivity (Wildman–Crippen MR) is 101 cm³/mol. The van der Waals surface area contributed by atoms with Crippen LogP contribution in [0.4, 0.5) is 4.39 Å². The third-order valence-electron chi connectivity index (χ3n) is 4.60. The highest BCUT2D eigenvalue weighted by Gasteiger charge is 2.32. The zero-order valence-corrected chi connectivity index (χ0v) is 14.6. The minimum absolute atomic E-state index is 0.186. The van der Waals surface area contributed by atoms with Crippen LogP contribution in [0.25, 0.3) is 16.9 Å². The predicted octanol–water partition coefficient (Wildman–Crippen LogP) is 3.87. The number of halogens is 1. The van der Waals surface area contributed by atoms with E-state index in [0.717, 1.165) is 11.3 Å². The topological polar surface area (TPSA) is 55.1 Å². The van der Waals surface area contributed by atoms with Gasteiger partial charge in [0, 0.05) is 11.1 Å². The zero-order chi connectivity index (χ0) is 19.0. The largest absolute Gasteiger partial charge is 0.377 e. The zero-order valence-electron chi connectivity index (χ0n) is 14.6. The number of aliphatic hydroxyl groups is 1. The lowest BCUT2D eigenvalue weighted by atomic mass is 9.88. The van der Waals surface area contributed by atoms with Gasteiger partial charge in [0.25, 0.3) is 0 Å². The van der Waals surface area contributed by atoms with Gasteiger partial charge < -0.3 is 5.11 Å². The summed E-state index contributed by atoms with van der Waals surface area (Å²) in [5.41, 5.74) is 2.30.